The zero-order valence-electron chi connectivity index (χ0n) is 4.64. The Hall–Kier alpha value is 0.360. The molecule has 0 amide bonds. The van der Waals surface area contributed by atoms with Crippen LogP contribution in [0.5, 0.6) is 0 Å². The fraction of sp³-hybridized carbons (Fsp3) is 0.167. The molecular formula is C6H5BrIN. The minimum absolute atomic E-state index is 0.958. The fourth-order valence-corrected chi connectivity index (χ4v) is 2.05. The molecule has 0 aliphatic carbocycles. The zero-order chi connectivity index (χ0) is 6.69. The molecule has 0 atom stereocenters. The summed E-state index contributed by atoms with van der Waals surface area (Å²) in [4.78, 5) is 4.06. The van der Waals surface area contributed by atoms with E-state index in [9.17, 15) is 0 Å². The van der Waals surface area contributed by atoms with Gasteiger partial charge in [-0.1, -0.05) is 28.7 Å². The van der Waals surface area contributed by atoms with Crippen LogP contribution >= 0.6 is 38.5 Å². The van der Waals surface area contributed by atoms with Crippen LogP contribution in [0.1, 0.15) is 5.56 Å². The number of hydrogen-bond acceptors (Lipinski definition) is 1. The molecule has 0 aliphatic rings. The van der Waals surface area contributed by atoms with Gasteiger partial charge in [0, 0.05) is 10.6 Å². The summed E-state index contributed by atoms with van der Waals surface area (Å²) in [6.07, 6.45) is 1.78. The van der Waals surface area contributed by atoms with Crippen molar-refractivity contribution in [3.8, 4) is 0 Å². The summed E-state index contributed by atoms with van der Waals surface area (Å²) in [5.74, 6) is 0. The zero-order valence-corrected chi connectivity index (χ0v) is 8.39. The van der Waals surface area contributed by atoms with E-state index in [1.54, 1.807) is 6.20 Å². The maximum atomic E-state index is 4.06. The van der Waals surface area contributed by atoms with Crippen LogP contribution in [0.25, 0.3) is 0 Å². The fourth-order valence-electron chi connectivity index (χ4n) is 0.519. The molecule has 1 aromatic rings. The summed E-state index contributed by atoms with van der Waals surface area (Å²) >= 11 is 5.65. The van der Waals surface area contributed by atoms with Gasteiger partial charge in [-0.3, -0.25) is 0 Å². The first-order chi connectivity index (χ1) is 4.34. The van der Waals surface area contributed by atoms with Crippen molar-refractivity contribution < 1.29 is 0 Å². The topological polar surface area (TPSA) is 12.9 Å². The van der Waals surface area contributed by atoms with Crippen molar-refractivity contribution in [3.05, 3.63) is 28.5 Å². The van der Waals surface area contributed by atoms with Crippen molar-refractivity contribution in [2.45, 2.75) is 4.43 Å². The van der Waals surface area contributed by atoms with E-state index < -0.39 is 0 Å². The summed E-state index contributed by atoms with van der Waals surface area (Å²) < 4.78 is 1.96. The molecule has 1 heterocycles. The van der Waals surface area contributed by atoms with Crippen LogP contribution in [-0.4, -0.2) is 4.98 Å². The van der Waals surface area contributed by atoms with E-state index in [0.717, 1.165) is 9.03 Å². The number of alkyl halides is 1. The smallest absolute Gasteiger partial charge is 0.110 e. The molecule has 0 spiro atoms. The molecule has 1 aromatic heterocycles. The summed E-state index contributed by atoms with van der Waals surface area (Å²) in [6, 6.07) is 4.00. The third kappa shape index (κ3) is 1.89. The Labute approximate surface area is 76.1 Å². The largest absolute Gasteiger partial charge is 0.249 e. The first-order valence-corrected chi connectivity index (χ1v) is 4.82. The van der Waals surface area contributed by atoms with Crippen LogP contribution in [0, 0.1) is 0 Å². The molecular weight excluding hydrogens is 293 g/mol. The molecule has 0 fully saturated rings. The van der Waals surface area contributed by atoms with E-state index in [-0.39, 0.29) is 0 Å². The van der Waals surface area contributed by atoms with Gasteiger partial charge in [0.1, 0.15) is 4.60 Å². The SMILES string of the molecule is Brc1ncccc1CI. The van der Waals surface area contributed by atoms with Crippen LogP contribution in [-0.2, 0) is 4.43 Å². The maximum absolute atomic E-state index is 4.06. The highest BCUT2D eigenvalue weighted by atomic mass is 127. The minimum atomic E-state index is 0.958. The molecule has 0 unspecified atom stereocenters. The molecule has 0 N–H and O–H groups in total. The van der Waals surface area contributed by atoms with E-state index in [4.69, 9.17) is 0 Å². The van der Waals surface area contributed by atoms with Crippen molar-refractivity contribution in [1.29, 1.82) is 0 Å². The second kappa shape index (κ2) is 3.51. The Kier molecular flexibility index (Phi) is 2.91. The molecule has 0 aliphatic heterocycles. The van der Waals surface area contributed by atoms with Crippen molar-refractivity contribution in [2.75, 3.05) is 0 Å². The van der Waals surface area contributed by atoms with Gasteiger partial charge in [-0.15, -0.1) is 0 Å². The van der Waals surface area contributed by atoms with Gasteiger partial charge in [-0.05, 0) is 27.6 Å². The quantitative estimate of drug-likeness (QED) is 0.441. The average Bonchev–Trinajstić information content (AvgIpc) is 1.89. The van der Waals surface area contributed by atoms with Crippen molar-refractivity contribution in [1.82, 2.24) is 4.98 Å². The van der Waals surface area contributed by atoms with Crippen LogP contribution in [0.3, 0.4) is 0 Å². The average molecular weight is 298 g/mol. The van der Waals surface area contributed by atoms with Gasteiger partial charge >= 0.3 is 0 Å². The summed E-state index contributed by atoms with van der Waals surface area (Å²) in [7, 11) is 0. The number of halogens is 2. The van der Waals surface area contributed by atoms with Crippen LogP contribution in [0.15, 0.2) is 22.9 Å². The van der Waals surface area contributed by atoms with Gasteiger partial charge < -0.3 is 0 Å². The van der Waals surface area contributed by atoms with E-state index in [1.165, 1.54) is 5.56 Å². The van der Waals surface area contributed by atoms with E-state index in [0.29, 0.717) is 0 Å². The third-order valence-corrected chi connectivity index (χ3v) is 2.52. The van der Waals surface area contributed by atoms with Crippen molar-refractivity contribution in [3.63, 3.8) is 0 Å². The Bertz CT molecular complexity index is 202. The van der Waals surface area contributed by atoms with Gasteiger partial charge in [0.2, 0.25) is 0 Å². The van der Waals surface area contributed by atoms with Gasteiger partial charge in [0.05, 0.1) is 0 Å². The molecule has 0 saturated heterocycles. The first kappa shape index (κ1) is 7.47. The normalized spacial score (nSPS) is 9.56. The number of hydrogen-bond donors (Lipinski definition) is 0. The molecule has 3 heteroatoms. The Morgan fingerprint density at radius 2 is 2.44 bits per heavy atom. The van der Waals surface area contributed by atoms with Gasteiger partial charge in [0.15, 0.2) is 0 Å². The monoisotopic (exact) mass is 297 g/mol. The molecule has 1 nitrogen and oxygen atoms in total. The lowest BCUT2D eigenvalue weighted by atomic mass is 10.3. The Balaban J connectivity index is 3.01. The summed E-state index contributed by atoms with van der Waals surface area (Å²) in [6.45, 7) is 0. The second-order valence-electron chi connectivity index (χ2n) is 1.59. The highest BCUT2D eigenvalue weighted by molar-refractivity contribution is 14.1. The summed E-state index contributed by atoms with van der Waals surface area (Å²) in [5, 5.41) is 0. The van der Waals surface area contributed by atoms with Gasteiger partial charge in [-0.2, -0.15) is 0 Å². The molecule has 0 aromatic carbocycles. The summed E-state index contributed by atoms with van der Waals surface area (Å²) in [5.41, 5.74) is 1.25. The van der Waals surface area contributed by atoms with Gasteiger partial charge in [0.25, 0.3) is 0 Å². The standard InChI is InChI=1S/C6H5BrIN/c7-6-5(4-8)2-1-3-9-6/h1-3H,4H2. The van der Waals surface area contributed by atoms with Crippen molar-refractivity contribution in [2.24, 2.45) is 0 Å². The molecule has 1 rings (SSSR count). The Morgan fingerprint density at radius 1 is 1.67 bits per heavy atom. The molecule has 0 radical (unpaired) electrons. The third-order valence-electron chi connectivity index (χ3n) is 0.980. The first-order valence-electron chi connectivity index (χ1n) is 2.50. The van der Waals surface area contributed by atoms with Crippen LogP contribution in [0.2, 0.25) is 0 Å². The predicted octanol–water partition coefficient (Wildman–Crippen LogP) is 2.78. The molecule has 48 valence electrons. The number of rotatable bonds is 1. The minimum Gasteiger partial charge on any atom is -0.249 e. The molecule has 0 saturated carbocycles. The van der Waals surface area contributed by atoms with Crippen LogP contribution in [0.4, 0.5) is 0 Å². The maximum Gasteiger partial charge on any atom is 0.110 e. The van der Waals surface area contributed by atoms with E-state index in [2.05, 4.69) is 49.6 Å². The highest BCUT2D eigenvalue weighted by Gasteiger charge is 1.94. The lowest BCUT2D eigenvalue weighted by Gasteiger charge is -1.94. The molecule has 9 heavy (non-hydrogen) atoms. The predicted molar refractivity (Wildman–Crippen MR) is 49.7 cm³/mol. The lowest BCUT2D eigenvalue weighted by molar-refractivity contribution is 1.21. The number of nitrogens with zero attached hydrogens (tertiary/aromatic N) is 1. The van der Waals surface area contributed by atoms with Crippen LogP contribution < -0.4 is 0 Å². The number of aromatic nitrogens is 1. The lowest BCUT2D eigenvalue weighted by Crippen LogP contribution is -1.81. The van der Waals surface area contributed by atoms with Gasteiger partial charge in [-0.25, -0.2) is 4.98 Å². The van der Waals surface area contributed by atoms with Crippen molar-refractivity contribution >= 4 is 38.5 Å². The Morgan fingerprint density at radius 3 is 2.89 bits per heavy atom. The second-order valence-corrected chi connectivity index (χ2v) is 3.10. The number of pyridine rings is 1. The van der Waals surface area contributed by atoms with E-state index >= 15 is 0 Å². The van der Waals surface area contributed by atoms with E-state index in [1.807, 2.05) is 6.07 Å². The molecule has 0 bridgehead atoms. The highest BCUT2D eigenvalue weighted by Crippen LogP contribution is 2.14.